The Hall–Kier alpha value is -3.13. The van der Waals surface area contributed by atoms with E-state index in [1.165, 1.54) is 5.56 Å². The maximum atomic E-state index is 12.3. The molecule has 200 valence electrons. The second kappa shape index (κ2) is 11.7. The molecule has 0 radical (unpaired) electrons. The van der Waals surface area contributed by atoms with E-state index in [2.05, 4.69) is 40.3 Å². The molecule has 4 aromatic rings. The van der Waals surface area contributed by atoms with Gasteiger partial charge in [0.2, 0.25) is 0 Å². The first kappa shape index (κ1) is 27.9. The van der Waals surface area contributed by atoms with Crippen LogP contribution >= 0.6 is 22.9 Å². The average Bonchev–Trinajstić information content (AvgIpc) is 3.53. The number of aryl methyl sites for hydroxylation is 3. The minimum Gasteiger partial charge on any atom is -0.476 e. The molecule has 2 aromatic carbocycles. The van der Waals surface area contributed by atoms with Crippen molar-refractivity contribution in [3.05, 3.63) is 92.3 Å². The van der Waals surface area contributed by atoms with Gasteiger partial charge in [-0.25, -0.2) is 4.79 Å². The summed E-state index contributed by atoms with van der Waals surface area (Å²) in [5, 5.41) is 13.5. The number of ether oxygens (including phenoxy) is 2. The molecular formula is C30H34ClN3O3S. The zero-order chi connectivity index (χ0) is 27.4. The number of halogens is 1. The van der Waals surface area contributed by atoms with Gasteiger partial charge >= 0.3 is 5.97 Å². The molecule has 0 aliphatic rings. The average molecular weight is 552 g/mol. The van der Waals surface area contributed by atoms with Crippen molar-refractivity contribution in [1.29, 1.82) is 0 Å². The number of nitrogens with zero attached hydrogens (tertiary/aromatic N) is 2. The highest BCUT2D eigenvalue weighted by molar-refractivity contribution is 7.08. The molecule has 0 fully saturated rings. The maximum Gasteiger partial charge on any atom is 0.349 e. The van der Waals surface area contributed by atoms with E-state index in [-0.39, 0.29) is 12.0 Å². The molecule has 2 heterocycles. The van der Waals surface area contributed by atoms with Crippen LogP contribution in [0.5, 0.6) is 5.75 Å². The molecule has 0 amide bonds. The van der Waals surface area contributed by atoms with Crippen LogP contribution in [-0.2, 0) is 23.1 Å². The van der Waals surface area contributed by atoms with Crippen molar-refractivity contribution < 1.29 is 14.3 Å². The number of carbonyl (C=O) groups excluding carboxylic acids is 1. The number of hydrogen-bond donors (Lipinski definition) is 1. The van der Waals surface area contributed by atoms with E-state index in [0.29, 0.717) is 23.9 Å². The Balaban J connectivity index is 1.57. The molecular weight excluding hydrogens is 518 g/mol. The van der Waals surface area contributed by atoms with Crippen molar-refractivity contribution in [3.63, 3.8) is 0 Å². The monoisotopic (exact) mass is 551 g/mol. The Bertz CT molecular complexity index is 1370. The minimum atomic E-state index is -1.07. The summed E-state index contributed by atoms with van der Waals surface area (Å²) in [7, 11) is 1.97. The minimum absolute atomic E-state index is 0.0425. The molecule has 0 saturated heterocycles. The molecule has 8 heteroatoms. The Morgan fingerprint density at radius 1 is 1.13 bits per heavy atom. The van der Waals surface area contributed by atoms with Gasteiger partial charge in [-0.1, -0.05) is 35.9 Å². The number of hydrogen-bond acceptors (Lipinski definition) is 6. The number of benzene rings is 2. The molecule has 0 spiro atoms. The van der Waals surface area contributed by atoms with Crippen LogP contribution in [0.3, 0.4) is 0 Å². The third kappa shape index (κ3) is 6.29. The molecule has 1 atom stereocenters. The Labute approximate surface area is 233 Å². The molecule has 0 bridgehead atoms. The van der Waals surface area contributed by atoms with Gasteiger partial charge in [0.05, 0.1) is 24.0 Å². The summed E-state index contributed by atoms with van der Waals surface area (Å²) in [5.41, 5.74) is 6.17. The topological polar surface area (TPSA) is 65.4 Å². The number of thiophene rings is 1. The second-order valence-electron chi connectivity index (χ2n) is 9.85. The van der Waals surface area contributed by atoms with E-state index in [0.717, 1.165) is 33.6 Å². The number of esters is 1. The Morgan fingerprint density at radius 2 is 1.82 bits per heavy atom. The molecule has 1 unspecified atom stereocenters. The molecule has 38 heavy (non-hydrogen) atoms. The zero-order valence-corrected chi connectivity index (χ0v) is 24.2. The summed E-state index contributed by atoms with van der Waals surface area (Å²) < 4.78 is 13.3. The lowest BCUT2D eigenvalue weighted by Gasteiger charge is -2.26. The van der Waals surface area contributed by atoms with Crippen molar-refractivity contribution >= 4 is 28.9 Å². The summed E-state index contributed by atoms with van der Waals surface area (Å²) in [5.74, 6) is 0.331. The highest BCUT2D eigenvalue weighted by atomic mass is 35.5. The van der Waals surface area contributed by atoms with E-state index < -0.39 is 5.60 Å². The summed E-state index contributed by atoms with van der Waals surface area (Å²) in [4.78, 5) is 12.3. The summed E-state index contributed by atoms with van der Waals surface area (Å²) in [6.07, 6.45) is 0. The van der Waals surface area contributed by atoms with Crippen molar-refractivity contribution in [2.45, 2.75) is 52.8 Å². The van der Waals surface area contributed by atoms with Crippen molar-refractivity contribution in [2.24, 2.45) is 7.05 Å². The van der Waals surface area contributed by atoms with E-state index in [9.17, 15) is 4.79 Å². The first-order valence-electron chi connectivity index (χ1n) is 12.6. The van der Waals surface area contributed by atoms with Gasteiger partial charge in [0.15, 0.2) is 5.60 Å². The van der Waals surface area contributed by atoms with Gasteiger partial charge in [0.1, 0.15) is 5.75 Å². The third-order valence-electron chi connectivity index (χ3n) is 6.38. The van der Waals surface area contributed by atoms with E-state index >= 15 is 0 Å². The molecule has 2 aromatic heterocycles. The van der Waals surface area contributed by atoms with E-state index in [4.69, 9.17) is 26.2 Å². The fourth-order valence-corrected chi connectivity index (χ4v) is 5.28. The highest BCUT2D eigenvalue weighted by Crippen LogP contribution is 2.31. The highest BCUT2D eigenvalue weighted by Gasteiger charge is 2.32. The van der Waals surface area contributed by atoms with Gasteiger partial charge in [-0.05, 0) is 91.9 Å². The lowest BCUT2D eigenvalue weighted by Crippen LogP contribution is -2.40. The first-order valence-corrected chi connectivity index (χ1v) is 13.9. The SMILES string of the molecule is CCOC(=O)C(C)(C)Oc1c(C)cc(CNC(c2ccsc2)c2cc(-c3ccc(Cl)cc3)nn2C)cc1C. The number of carbonyl (C=O) groups is 1. The Kier molecular flexibility index (Phi) is 8.61. The van der Waals surface area contributed by atoms with Crippen LogP contribution in [0.1, 0.15) is 54.8 Å². The summed E-state index contributed by atoms with van der Waals surface area (Å²) in [6, 6.07) is 16.2. The molecule has 0 saturated carbocycles. The summed E-state index contributed by atoms with van der Waals surface area (Å²) >= 11 is 7.75. The van der Waals surface area contributed by atoms with Crippen molar-refractivity contribution in [1.82, 2.24) is 15.1 Å². The van der Waals surface area contributed by atoms with E-state index in [1.54, 1.807) is 32.1 Å². The van der Waals surface area contributed by atoms with Gasteiger partial charge in [-0.2, -0.15) is 16.4 Å². The fraction of sp³-hybridized carbons (Fsp3) is 0.333. The Morgan fingerprint density at radius 3 is 2.42 bits per heavy atom. The third-order valence-corrected chi connectivity index (χ3v) is 7.34. The molecule has 0 aliphatic heterocycles. The quantitative estimate of drug-likeness (QED) is 0.215. The normalized spacial score (nSPS) is 12.4. The van der Waals surface area contributed by atoms with Crippen LogP contribution in [0.15, 0.2) is 59.3 Å². The fourth-order valence-electron chi connectivity index (χ4n) is 4.47. The van der Waals surface area contributed by atoms with Crippen LogP contribution in [-0.4, -0.2) is 28.0 Å². The van der Waals surface area contributed by atoms with Crippen molar-refractivity contribution in [3.8, 4) is 17.0 Å². The smallest absolute Gasteiger partial charge is 0.349 e. The lowest BCUT2D eigenvalue weighted by atomic mass is 10.0. The number of nitrogens with one attached hydrogen (secondary N) is 1. The molecule has 1 N–H and O–H groups in total. The van der Waals surface area contributed by atoms with Crippen LogP contribution in [0.2, 0.25) is 5.02 Å². The standard InChI is InChI=1S/C30H34ClN3O3S/c1-7-36-29(35)30(4,5)37-28-19(2)14-21(15-20(28)3)17-32-27(23-12-13-38-18-23)26-16-25(33-34(26)6)22-8-10-24(31)11-9-22/h8-16,18,27,32H,7,17H2,1-6H3. The number of aromatic nitrogens is 2. The predicted octanol–water partition coefficient (Wildman–Crippen LogP) is 7.02. The van der Waals surface area contributed by atoms with Crippen LogP contribution < -0.4 is 10.1 Å². The zero-order valence-electron chi connectivity index (χ0n) is 22.7. The van der Waals surface area contributed by atoms with E-state index in [1.807, 2.05) is 49.8 Å². The second-order valence-corrected chi connectivity index (χ2v) is 11.1. The molecule has 0 aliphatic carbocycles. The molecule has 4 rings (SSSR count). The van der Waals surface area contributed by atoms with Crippen molar-refractivity contribution in [2.75, 3.05) is 6.61 Å². The number of rotatable bonds is 10. The first-order chi connectivity index (χ1) is 18.1. The van der Waals surface area contributed by atoms with Gasteiger partial charge in [0, 0.05) is 24.2 Å². The van der Waals surface area contributed by atoms with Crippen LogP contribution in [0.4, 0.5) is 0 Å². The van der Waals surface area contributed by atoms with Gasteiger partial charge < -0.3 is 14.8 Å². The maximum absolute atomic E-state index is 12.3. The summed E-state index contributed by atoms with van der Waals surface area (Å²) in [6.45, 7) is 10.2. The van der Waals surface area contributed by atoms with Gasteiger partial charge in [0.25, 0.3) is 0 Å². The predicted molar refractivity (Wildman–Crippen MR) is 154 cm³/mol. The largest absolute Gasteiger partial charge is 0.476 e. The van der Waals surface area contributed by atoms with Crippen LogP contribution in [0.25, 0.3) is 11.3 Å². The van der Waals surface area contributed by atoms with Gasteiger partial charge in [-0.3, -0.25) is 4.68 Å². The van der Waals surface area contributed by atoms with Gasteiger partial charge in [-0.15, -0.1) is 0 Å². The molecule has 6 nitrogen and oxygen atoms in total. The lowest BCUT2D eigenvalue weighted by molar-refractivity contribution is -0.158. The van der Waals surface area contributed by atoms with Crippen LogP contribution in [0, 0.1) is 13.8 Å².